The first-order chi connectivity index (χ1) is 13.6. The third-order valence-corrected chi connectivity index (χ3v) is 4.49. The van der Waals surface area contributed by atoms with Crippen LogP contribution in [-0.4, -0.2) is 56.8 Å². The van der Waals surface area contributed by atoms with E-state index in [2.05, 4.69) is 20.5 Å². The maximum absolute atomic E-state index is 12.8. The van der Waals surface area contributed by atoms with Gasteiger partial charge in [0.05, 0.1) is 13.2 Å². The Hall–Kier alpha value is -2.09. The van der Waals surface area contributed by atoms with Crippen molar-refractivity contribution < 1.29 is 18.3 Å². The highest BCUT2D eigenvalue weighted by atomic mass is 19.3. The topological polar surface area (TPSA) is 58.1 Å². The van der Waals surface area contributed by atoms with Crippen molar-refractivity contribution in [1.29, 1.82) is 0 Å². The lowest BCUT2D eigenvalue weighted by atomic mass is 10.1. The molecule has 0 amide bonds. The van der Waals surface area contributed by atoms with Gasteiger partial charge in [-0.1, -0.05) is 18.6 Å². The lowest BCUT2D eigenvalue weighted by Crippen LogP contribution is -2.42. The summed E-state index contributed by atoms with van der Waals surface area (Å²) in [6, 6.07) is 5.10. The van der Waals surface area contributed by atoms with E-state index < -0.39 is 6.61 Å². The summed E-state index contributed by atoms with van der Waals surface area (Å²) in [5.41, 5.74) is 0.555. The smallest absolute Gasteiger partial charge is 0.387 e. The predicted molar refractivity (Wildman–Crippen MR) is 107 cm³/mol. The number of hydrogen-bond acceptors (Lipinski definition) is 4. The van der Waals surface area contributed by atoms with E-state index in [0.29, 0.717) is 23.9 Å². The van der Waals surface area contributed by atoms with Crippen LogP contribution in [0.25, 0.3) is 0 Å². The Morgan fingerprint density at radius 3 is 2.64 bits per heavy atom. The molecule has 28 heavy (non-hydrogen) atoms. The summed E-state index contributed by atoms with van der Waals surface area (Å²) in [5.74, 6) is 1.01. The van der Waals surface area contributed by atoms with Gasteiger partial charge < -0.3 is 25.0 Å². The molecule has 0 unspecified atom stereocenters. The van der Waals surface area contributed by atoms with Gasteiger partial charge in [-0.05, 0) is 45.8 Å². The van der Waals surface area contributed by atoms with Crippen molar-refractivity contribution in [1.82, 2.24) is 15.5 Å². The SMILES string of the molecule is CCNC(=NCc1cccc(OCC)c1OC(F)F)NCCN1CCCCC1. The van der Waals surface area contributed by atoms with Crippen molar-refractivity contribution in [2.75, 3.05) is 39.3 Å². The third kappa shape index (κ3) is 7.50. The zero-order valence-corrected chi connectivity index (χ0v) is 16.8. The average Bonchev–Trinajstić information content (AvgIpc) is 2.68. The second-order valence-corrected chi connectivity index (χ2v) is 6.58. The summed E-state index contributed by atoms with van der Waals surface area (Å²) in [6.07, 6.45) is 3.84. The number of nitrogens with one attached hydrogen (secondary N) is 2. The van der Waals surface area contributed by atoms with Crippen molar-refractivity contribution in [2.24, 2.45) is 4.99 Å². The fraction of sp³-hybridized carbons (Fsp3) is 0.650. The molecule has 0 saturated carbocycles. The zero-order valence-electron chi connectivity index (χ0n) is 16.8. The second kappa shape index (κ2) is 12.4. The fourth-order valence-corrected chi connectivity index (χ4v) is 3.20. The number of alkyl halides is 2. The van der Waals surface area contributed by atoms with E-state index in [4.69, 9.17) is 9.47 Å². The summed E-state index contributed by atoms with van der Waals surface area (Å²) >= 11 is 0. The number of guanidine groups is 1. The molecule has 2 rings (SSSR count). The van der Waals surface area contributed by atoms with Gasteiger partial charge in [-0.15, -0.1) is 0 Å². The standard InChI is InChI=1S/C20H32F2N4O2/c1-3-23-20(24-11-14-26-12-6-5-7-13-26)25-15-16-9-8-10-17(27-4-2)18(16)28-19(21)22/h8-10,19H,3-7,11-15H2,1-2H3,(H2,23,24,25). The number of para-hydroxylation sites is 1. The van der Waals surface area contributed by atoms with Gasteiger partial charge in [0.15, 0.2) is 17.5 Å². The van der Waals surface area contributed by atoms with Crippen LogP contribution in [0.2, 0.25) is 0 Å². The Kier molecular flexibility index (Phi) is 9.82. The van der Waals surface area contributed by atoms with Crippen LogP contribution >= 0.6 is 0 Å². The summed E-state index contributed by atoms with van der Waals surface area (Å²) in [6.45, 7) is 6.20. The highest BCUT2D eigenvalue weighted by Crippen LogP contribution is 2.33. The van der Waals surface area contributed by atoms with Crippen molar-refractivity contribution in [3.8, 4) is 11.5 Å². The Balaban J connectivity index is 2.01. The van der Waals surface area contributed by atoms with Crippen LogP contribution in [0.15, 0.2) is 23.2 Å². The molecular formula is C20H32F2N4O2. The van der Waals surface area contributed by atoms with E-state index in [0.717, 1.165) is 32.7 Å². The maximum atomic E-state index is 12.8. The number of aliphatic imine (C=N–C) groups is 1. The number of piperidine rings is 1. The molecule has 1 fully saturated rings. The largest absolute Gasteiger partial charge is 0.490 e. The van der Waals surface area contributed by atoms with E-state index in [1.54, 1.807) is 25.1 Å². The summed E-state index contributed by atoms with van der Waals surface area (Å²) in [7, 11) is 0. The van der Waals surface area contributed by atoms with Crippen LogP contribution in [0, 0.1) is 0 Å². The molecule has 1 aliphatic rings. The van der Waals surface area contributed by atoms with Gasteiger partial charge in [0, 0.05) is 25.2 Å². The normalized spacial score (nSPS) is 15.5. The maximum Gasteiger partial charge on any atom is 0.387 e. The molecule has 0 radical (unpaired) electrons. The fourth-order valence-electron chi connectivity index (χ4n) is 3.20. The van der Waals surface area contributed by atoms with Crippen LogP contribution in [0.1, 0.15) is 38.7 Å². The van der Waals surface area contributed by atoms with Gasteiger partial charge in [0.1, 0.15) is 0 Å². The number of benzene rings is 1. The number of nitrogens with zero attached hydrogens (tertiary/aromatic N) is 2. The van der Waals surface area contributed by atoms with Crippen molar-refractivity contribution in [3.63, 3.8) is 0 Å². The minimum absolute atomic E-state index is 0.0484. The molecule has 158 valence electrons. The van der Waals surface area contributed by atoms with Crippen molar-refractivity contribution >= 4 is 5.96 Å². The first-order valence-electron chi connectivity index (χ1n) is 10.1. The van der Waals surface area contributed by atoms with Gasteiger partial charge in [0.25, 0.3) is 0 Å². The van der Waals surface area contributed by atoms with Crippen LogP contribution in [-0.2, 0) is 6.54 Å². The van der Waals surface area contributed by atoms with Crippen molar-refractivity contribution in [3.05, 3.63) is 23.8 Å². The van der Waals surface area contributed by atoms with E-state index in [1.165, 1.54) is 19.3 Å². The molecule has 8 heteroatoms. The molecule has 6 nitrogen and oxygen atoms in total. The molecule has 0 aliphatic carbocycles. The molecule has 0 spiro atoms. The molecule has 0 bridgehead atoms. The average molecular weight is 398 g/mol. The summed E-state index contributed by atoms with van der Waals surface area (Å²) < 4.78 is 35.8. The molecule has 1 saturated heterocycles. The molecule has 0 aromatic heterocycles. The molecule has 0 atom stereocenters. The number of ether oxygens (including phenoxy) is 2. The van der Waals surface area contributed by atoms with E-state index in [9.17, 15) is 8.78 Å². The van der Waals surface area contributed by atoms with Crippen LogP contribution in [0.3, 0.4) is 0 Å². The molecule has 2 N–H and O–H groups in total. The monoisotopic (exact) mass is 398 g/mol. The summed E-state index contributed by atoms with van der Waals surface area (Å²) in [5, 5.41) is 6.51. The van der Waals surface area contributed by atoms with Gasteiger partial charge >= 0.3 is 6.61 Å². The lowest BCUT2D eigenvalue weighted by Gasteiger charge is -2.26. The minimum atomic E-state index is -2.92. The first-order valence-corrected chi connectivity index (χ1v) is 10.1. The van der Waals surface area contributed by atoms with Gasteiger partial charge in [-0.2, -0.15) is 8.78 Å². The Morgan fingerprint density at radius 2 is 1.96 bits per heavy atom. The van der Waals surface area contributed by atoms with Crippen LogP contribution in [0.4, 0.5) is 8.78 Å². The number of likely N-dealkylation sites (tertiary alicyclic amines) is 1. The summed E-state index contributed by atoms with van der Waals surface area (Å²) in [4.78, 5) is 6.98. The quantitative estimate of drug-likeness (QED) is 0.468. The van der Waals surface area contributed by atoms with E-state index in [-0.39, 0.29) is 12.3 Å². The zero-order chi connectivity index (χ0) is 20.2. The highest BCUT2D eigenvalue weighted by molar-refractivity contribution is 5.79. The predicted octanol–water partition coefficient (Wildman–Crippen LogP) is 3.23. The third-order valence-electron chi connectivity index (χ3n) is 4.49. The van der Waals surface area contributed by atoms with Crippen LogP contribution in [0.5, 0.6) is 11.5 Å². The molecular weight excluding hydrogens is 366 g/mol. The van der Waals surface area contributed by atoms with Crippen molar-refractivity contribution in [2.45, 2.75) is 46.3 Å². The van der Waals surface area contributed by atoms with E-state index in [1.807, 2.05) is 6.92 Å². The number of hydrogen-bond donors (Lipinski definition) is 2. The number of rotatable bonds is 10. The lowest BCUT2D eigenvalue weighted by molar-refractivity contribution is -0.0520. The molecule has 1 heterocycles. The van der Waals surface area contributed by atoms with Crippen LogP contribution < -0.4 is 20.1 Å². The second-order valence-electron chi connectivity index (χ2n) is 6.58. The minimum Gasteiger partial charge on any atom is -0.490 e. The Bertz CT molecular complexity index is 608. The van der Waals surface area contributed by atoms with Gasteiger partial charge in [-0.25, -0.2) is 4.99 Å². The number of halogens is 2. The first kappa shape index (κ1) is 22.2. The van der Waals surface area contributed by atoms with Gasteiger partial charge in [0.2, 0.25) is 0 Å². The molecule has 1 aromatic carbocycles. The van der Waals surface area contributed by atoms with Gasteiger partial charge in [-0.3, -0.25) is 0 Å². The highest BCUT2D eigenvalue weighted by Gasteiger charge is 2.16. The molecule has 1 aromatic rings. The van der Waals surface area contributed by atoms with E-state index >= 15 is 0 Å². The molecule has 1 aliphatic heterocycles. The Morgan fingerprint density at radius 1 is 1.18 bits per heavy atom. The Labute approximate surface area is 166 Å².